The minimum absolute atomic E-state index is 0.344. The van der Waals surface area contributed by atoms with Crippen LogP contribution in [0.4, 0.5) is 0 Å². The summed E-state index contributed by atoms with van der Waals surface area (Å²) in [5.74, 6) is 0.344. The van der Waals surface area contributed by atoms with Gasteiger partial charge < -0.3 is 5.73 Å². The van der Waals surface area contributed by atoms with Crippen molar-refractivity contribution in [3.05, 3.63) is 35.9 Å². The monoisotopic (exact) mass is 205 g/mol. The molecule has 2 nitrogen and oxygen atoms in total. The molecule has 82 valence electrons. The molecule has 1 aromatic rings. The Balaban J connectivity index is 2.14. The number of hydrogen-bond acceptors (Lipinski definition) is 2. The molecule has 0 unspecified atom stereocenters. The molecule has 0 aromatic heterocycles. The van der Waals surface area contributed by atoms with E-state index in [4.69, 9.17) is 5.73 Å². The summed E-state index contributed by atoms with van der Waals surface area (Å²) in [6.45, 7) is 0.616. The van der Waals surface area contributed by atoms with Crippen molar-refractivity contribution in [1.82, 2.24) is 0 Å². The third-order valence-electron chi connectivity index (χ3n) is 2.42. The van der Waals surface area contributed by atoms with Gasteiger partial charge in [-0.1, -0.05) is 30.3 Å². The molecular weight excluding hydrogens is 186 g/mol. The predicted octanol–water partition coefficient (Wildman–Crippen LogP) is 2.32. The van der Waals surface area contributed by atoms with E-state index < -0.39 is 0 Å². The van der Waals surface area contributed by atoms with Crippen LogP contribution in [-0.2, 0) is 11.2 Å². The summed E-state index contributed by atoms with van der Waals surface area (Å²) in [6.07, 6.45) is 4.10. The van der Waals surface area contributed by atoms with E-state index in [1.807, 2.05) is 18.2 Å². The van der Waals surface area contributed by atoms with E-state index in [0.29, 0.717) is 25.2 Å². The van der Waals surface area contributed by atoms with Crippen molar-refractivity contribution >= 4 is 5.78 Å². The molecule has 0 fully saturated rings. The lowest BCUT2D eigenvalue weighted by molar-refractivity contribution is -0.119. The molecule has 0 aliphatic carbocycles. The Morgan fingerprint density at radius 2 is 1.73 bits per heavy atom. The SMILES string of the molecule is NCCCC(=O)CCCc1ccccc1. The third-order valence-corrected chi connectivity index (χ3v) is 2.42. The fourth-order valence-corrected chi connectivity index (χ4v) is 1.56. The maximum Gasteiger partial charge on any atom is 0.132 e. The highest BCUT2D eigenvalue weighted by molar-refractivity contribution is 5.78. The summed E-state index contributed by atoms with van der Waals surface area (Å²) in [4.78, 5) is 11.3. The summed E-state index contributed by atoms with van der Waals surface area (Å²) < 4.78 is 0. The molecule has 0 spiro atoms. The number of Topliss-reactive ketones (excluding diaryl/α,β-unsaturated/α-hetero) is 1. The van der Waals surface area contributed by atoms with Gasteiger partial charge >= 0.3 is 0 Å². The Hall–Kier alpha value is -1.15. The van der Waals surface area contributed by atoms with E-state index in [9.17, 15) is 4.79 Å². The standard InChI is InChI=1S/C13H19NO/c14-11-5-10-13(15)9-4-8-12-6-2-1-3-7-12/h1-3,6-7H,4-5,8-11,14H2. The molecule has 0 heterocycles. The van der Waals surface area contributed by atoms with Gasteiger partial charge in [0.05, 0.1) is 0 Å². The van der Waals surface area contributed by atoms with Gasteiger partial charge in [-0.15, -0.1) is 0 Å². The van der Waals surface area contributed by atoms with Crippen molar-refractivity contribution in [3.8, 4) is 0 Å². The Morgan fingerprint density at radius 3 is 2.40 bits per heavy atom. The number of carbonyl (C=O) groups excluding carboxylic acids is 1. The van der Waals surface area contributed by atoms with Crippen LogP contribution >= 0.6 is 0 Å². The van der Waals surface area contributed by atoms with Gasteiger partial charge in [-0.25, -0.2) is 0 Å². The summed E-state index contributed by atoms with van der Waals surface area (Å²) >= 11 is 0. The lowest BCUT2D eigenvalue weighted by Gasteiger charge is -2.01. The number of rotatable bonds is 7. The first kappa shape index (κ1) is 11.9. The Kier molecular flexibility index (Phi) is 5.71. The van der Waals surface area contributed by atoms with E-state index in [0.717, 1.165) is 19.3 Å². The van der Waals surface area contributed by atoms with Gasteiger partial charge in [0.1, 0.15) is 5.78 Å². The van der Waals surface area contributed by atoms with Crippen LogP contribution in [0.1, 0.15) is 31.2 Å². The van der Waals surface area contributed by atoms with Crippen molar-refractivity contribution in [2.45, 2.75) is 32.1 Å². The van der Waals surface area contributed by atoms with E-state index >= 15 is 0 Å². The van der Waals surface area contributed by atoms with Crippen LogP contribution in [0.15, 0.2) is 30.3 Å². The zero-order valence-corrected chi connectivity index (χ0v) is 9.11. The van der Waals surface area contributed by atoms with Gasteiger partial charge in [0.15, 0.2) is 0 Å². The molecule has 1 aromatic carbocycles. The fourth-order valence-electron chi connectivity index (χ4n) is 1.56. The van der Waals surface area contributed by atoms with Crippen molar-refractivity contribution in [2.24, 2.45) is 5.73 Å². The van der Waals surface area contributed by atoms with Crippen LogP contribution < -0.4 is 5.73 Å². The second kappa shape index (κ2) is 7.18. The number of aryl methyl sites for hydroxylation is 1. The van der Waals surface area contributed by atoms with Crippen LogP contribution in [-0.4, -0.2) is 12.3 Å². The zero-order valence-electron chi connectivity index (χ0n) is 9.11. The van der Waals surface area contributed by atoms with E-state index in [2.05, 4.69) is 12.1 Å². The molecule has 0 amide bonds. The molecule has 2 heteroatoms. The first-order valence-electron chi connectivity index (χ1n) is 5.58. The second-order valence-electron chi connectivity index (χ2n) is 3.77. The predicted molar refractivity (Wildman–Crippen MR) is 62.7 cm³/mol. The summed E-state index contributed by atoms with van der Waals surface area (Å²) in [5.41, 5.74) is 6.65. The number of benzene rings is 1. The highest BCUT2D eigenvalue weighted by Gasteiger charge is 2.01. The summed E-state index contributed by atoms with van der Waals surface area (Å²) in [7, 11) is 0. The normalized spacial score (nSPS) is 10.2. The minimum Gasteiger partial charge on any atom is -0.330 e. The van der Waals surface area contributed by atoms with Crippen molar-refractivity contribution in [3.63, 3.8) is 0 Å². The maximum atomic E-state index is 11.3. The number of carbonyl (C=O) groups is 1. The Bertz CT molecular complexity index is 282. The minimum atomic E-state index is 0.344. The molecular formula is C13H19NO. The maximum absolute atomic E-state index is 11.3. The van der Waals surface area contributed by atoms with Gasteiger partial charge in [-0.2, -0.15) is 0 Å². The number of ketones is 1. The van der Waals surface area contributed by atoms with Crippen molar-refractivity contribution in [1.29, 1.82) is 0 Å². The lowest BCUT2D eigenvalue weighted by Crippen LogP contribution is -2.04. The van der Waals surface area contributed by atoms with Crippen molar-refractivity contribution in [2.75, 3.05) is 6.54 Å². The first-order valence-corrected chi connectivity index (χ1v) is 5.58. The largest absolute Gasteiger partial charge is 0.330 e. The quantitative estimate of drug-likeness (QED) is 0.742. The average Bonchev–Trinajstić information content (AvgIpc) is 2.28. The second-order valence-corrected chi connectivity index (χ2v) is 3.77. The first-order chi connectivity index (χ1) is 7.33. The Labute approximate surface area is 91.5 Å². The van der Waals surface area contributed by atoms with Crippen molar-refractivity contribution < 1.29 is 4.79 Å². The smallest absolute Gasteiger partial charge is 0.132 e. The van der Waals surface area contributed by atoms with Crippen LogP contribution in [0.25, 0.3) is 0 Å². The molecule has 1 rings (SSSR count). The molecule has 0 atom stereocenters. The van der Waals surface area contributed by atoms with Crippen LogP contribution in [0.5, 0.6) is 0 Å². The molecule has 0 saturated heterocycles. The Morgan fingerprint density at radius 1 is 1.07 bits per heavy atom. The van der Waals surface area contributed by atoms with E-state index in [1.165, 1.54) is 5.56 Å². The number of nitrogens with two attached hydrogens (primary N) is 1. The highest BCUT2D eigenvalue weighted by atomic mass is 16.1. The van der Waals surface area contributed by atoms with E-state index in [-0.39, 0.29) is 0 Å². The molecule has 0 aliphatic heterocycles. The van der Waals surface area contributed by atoms with Gasteiger partial charge in [0.2, 0.25) is 0 Å². The van der Waals surface area contributed by atoms with Gasteiger partial charge in [-0.05, 0) is 31.4 Å². The van der Waals surface area contributed by atoms with Gasteiger partial charge in [0.25, 0.3) is 0 Å². The van der Waals surface area contributed by atoms with Gasteiger partial charge in [-0.3, -0.25) is 4.79 Å². The summed E-state index contributed by atoms with van der Waals surface area (Å²) in [6, 6.07) is 10.3. The molecule has 0 aliphatic rings. The molecule has 0 bridgehead atoms. The van der Waals surface area contributed by atoms with Crippen LogP contribution in [0.3, 0.4) is 0 Å². The van der Waals surface area contributed by atoms with Crippen LogP contribution in [0, 0.1) is 0 Å². The average molecular weight is 205 g/mol. The molecule has 2 N–H and O–H groups in total. The molecule has 15 heavy (non-hydrogen) atoms. The molecule has 0 saturated carbocycles. The fraction of sp³-hybridized carbons (Fsp3) is 0.462. The zero-order chi connectivity index (χ0) is 10.9. The lowest BCUT2D eigenvalue weighted by atomic mass is 10.0. The third kappa shape index (κ3) is 5.33. The topological polar surface area (TPSA) is 43.1 Å². The molecule has 0 radical (unpaired) electrons. The van der Waals surface area contributed by atoms with Crippen LogP contribution in [0.2, 0.25) is 0 Å². The number of hydrogen-bond donors (Lipinski definition) is 1. The van der Waals surface area contributed by atoms with E-state index in [1.54, 1.807) is 0 Å². The summed E-state index contributed by atoms with van der Waals surface area (Å²) in [5, 5.41) is 0. The highest BCUT2D eigenvalue weighted by Crippen LogP contribution is 2.06. The van der Waals surface area contributed by atoms with Gasteiger partial charge in [0, 0.05) is 12.8 Å².